The molecular weight excluding hydrogens is 350 g/mol. The summed E-state index contributed by atoms with van der Waals surface area (Å²) >= 11 is 0. The van der Waals surface area contributed by atoms with Crippen LogP contribution in [0.15, 0.2) is 18.5 Å². The average molecular weight is 384 g/mol. The molecule has 0 radical (unpaired) electrons. The van der Waals surface area contributed by atoms with E-state index in [4.69, 9.17) is 0 Å². The molecule has 0 aromatic carbocycles. The second-order valence-electron chi connectivity index (χ2n) is 8.75. The fourth-order valence-electron chi connectivity index (χ4n) is 4.45. The number of piperidine rings is 1. The first kappa shape index (κ1) is 19.2. The Bertz CT molecular complexity index is 817. The van der Waals surface area contributed by atoms with Crippen LogP contribution in [0.5, 0.6) is 0 Å². The molecule has 1 aliphatic carbocycles. The molecule has 152 valence electrons. The number of aromatic nitrogens is 4. The van der Waals surface area contributed by atoms with Crippen molar-refractivity contribution in [3.63, 3.8) is 0 Å². The lowest BCUT2D eigenvalue weighted by atomic mass is 9.85. The minimum Gasteiger partial charge on any atom is -0.337 e. The van der Waals surface area contributed by atoms with E-state index in [2.05, 4.69) is 34.7 Å². The molecule has 6 heteroatoms. The number of carbonyl (C=O) groups excluding carboxylic acids is 1. The third-order valence-electron chi connectivity index (χ3n) is 6.41. The monoisotopic (exact) mass is 383 g/mol. The Morgan fingerprint density at radius 1 is 1.25 bits per heavy atom. The second kappa shape index (κ2) is 8.10. The maximum absolute atomic E-state index is 13.3. The zero-order valence-electron chi connectivity index (χ0n) is 17.5. The van der Waals surface area contributed by atoms with Crippen LogP contribution in [-0.2, 0) is 13.1 Å². The van der Waals surface area contributed by atoms with Crippen LogP contribution < -0.4 is 0 Å². The predicted molar refractivity (Wildman–Crippen MR) is 109 cm³/mol. The van der Waals surface area contributed by atoms with E-state index in [0.29, 0.717) is 11.8 Å². The molecule has 0 unspecified atom stereocenters. The summed E-state index contributed by atoms with van der Waals surface area (Å²) in [4.78, 5) is 20.0. The third-order valence-corrected chi connectivity index (χ3v) is 6.41. The third kappa shape index (κ3) is 3.74. The highest BCUT2D eigenvalue weighted by molar-refractivity contribution is 5.92. The van der Waals surface area contributed by atoms with Crippen molar-refractivity contribution in [3.05, 3.63) is 35.7 Å². The molecule has 4 rings (SSSR count). The molecule has 0 spiro atoms. The van der Waals surface area contributed by atoms with Crippen molar-refractivity contribution >= 4 is 5.91 Å². The van der Waals surface area contributed by atoms with E-state index in [9.17, 15) is 4.79 Å². The van der Waals surface area contributed by atoms with Gasteiger partial charge in [-0.1, -0.05) is 20.3 Å². The summed E-state index contributed by atoms with van der Waals surface area (Å²) in [6.07, 6.45) is 10.2. The zero-order valence-corrected chi connectivity index (χ0v) is 17.5. The average Bonchev–Trinajstić information content (AvgIpc) is 3.31. The van der Waals surface area contributed by atoms with Crippen molar-refractivity contribution in [2.75, 3.05) is 13.1 Å². The highest BCUT2D eigenvalue weighted by atomic mass is 16.2. The van der Waals surface area contributed by atoms with Gasteiger partial charge in [0.1, 0.15) is 11.5 Å². The molecule has 1 amide bonds. The van der Waals surface area contributed by atoms with Gasteiger partial charge in [-0.05, 0) is 50.5 Å². The molecule has 1 saturated carbocycles. The number of nitrogens with zero attached hydrogens (tertiary/aromatic N) is 5. The number of imidazole rings is 1. The molecule has 28 heavy (non-hydrogen) atoms. The summed E-state index contributed by atoms with van der Waals surface area (Å²) in [7, 11) is 0. The topological polar surface area (TPSA) is 56.0 Å². The van der Waals surface area contributed by atoms with Gasteiger partial charge in [0.2, 0.25) is 0 Å². The van der Waals surface area contributed by atoms with Gasteiger partial charge in [0.25, 0.3) is 5.91 Å². The van der Waals surface area contributed by atoms with E-state index in [1.165, 1.54) is 19.3 Å². The number of amides is 1. The summed E-state index contributed by atoms with van der Waals surface area (Å²) in [5, 5.41) is 4.63. The molecule has 6 nitrogen and oxygen atoms in total. The fourth-order valence-corrected chi connectivity index (χ4v) is 4.45. The van der Waals surface area contributed by atoms with Gasteiger partial charge < -0.3 is 9.47 Å². The summed E-state index contributed by atoms with van der Waals surface area (Å²) < 4.78 is 4.20. The van der Waals surface area contributed by atoms with Crippen LogP contribution in [0.25, 0.3) is 0 Å². The van der Waals surface area contributed by atoms with Gasteiger partial charge in [0, 0.05) is 44.5 Å². The van der Waals surface area contributed by atoms with Crippen LogP contribution in [0, 0.1) is 5.92 Å². The Labute approximate surface area is 167 Å². The van der Waals surface area contributed by atoms with E-state index < -0.39 is 0 Å². The van der Waals surface area contributed by atoms with Gasteiger partial charge in [0.05, 0.1) is 5.69 Å². The van der Waals surface area contributed by atoms with Crippen LogP contribution in [0.2, 0.25) is 0 Å². The van der Waals surface area contributed by atoms with Crippen LogP contribution in [0.1, 0.15) is 86.7 Å². The highest BCUT2D eigenvalue weighted by Crippen LogP contribution is 2.31. The Balaban J connectivity index is 1.50. The van der Waals surface area contributed by atoms with Gasteiger partial charge >= 0.3 is 0 Å². The zero-order chi connectivity index (χ0) is 19.7. The minimum absolute atomic E-state index is 0.114. The second-order valence-corrected chi connectivity index (χ2v) is 8.75. The number of likely N-dealkylation sites (tertiary alicyclic amines) is 1. The predicted octanol–water partition coefficient (Wildman–Crippen LogP) is 4.04. The summed E-state index contributed by atoms with van der Waals surface area (Å²) in [5.41, 5.74) is 1.72. The van der Waals surface area contributed by atoms with Crippen LogP contribution in [-0.4, -0.2) is 43.2 Å². The van der Waals surface area contributed by atoms with Gasteiger partial charge in [-0.2, -0.15) is 5.10 Å². The Morgan fingerprint density at radius 3 is 2.75 bits per heavy atom. The first-order valence-electron chi connectivity index (χ1n) is 10.9. The lowest BCUT2D eigenvalue weighted by Crippen LogP contribution is -2.40. The number of hydrogen-bond donors (Lipinski definition) is 0. The molecule has 3 heterocycles. The van der Waals surface area contributed by atoms with E-state index >= 15 is 0 Å². The van der Waals surface area contributed by atoms with E-state index in [0.717, 1.165) is 62.2 Å². The standard InChI is InChI=1S/C22H33N5O/c1-4-27-20(13-19(24-27)16(2)3)22(28)26-11-6-9-18(15-26)21-23-10-12-25(21)14-17-7-5-8-17/h10,12-13,16-18H,4-9,11,14-15H2,1-3H3/t18-/m1/s1. The Kier molecular flexibility index (Phi) is 5.56. The van der Waals surface area contributed by atoms with Crippen molar-refractivity contribution in [3.8, 4) is 0 Å². The quantitative estimate of drug-likeness (QED) is 0.756. The van der Waals surface area contributed by atoms with E-state index in [-0.39, 0.29) is 5.91 Å². The van der Waals surface area contributed by atoms with Gasteiger partial charge in [-0.15, -0.1) is 0 Å². The Hall–Kier alpha value is -2.11. The smallest absolute Gasteiger partial charge is 0.272 e. The number of carbonyl (C=O) groups is 1. The molecule has 0 bridgehead atoms. The molecule has 2 aliphatic rings. The van der Waals surface area contributed by atoms with Gasteiger partial charge in [-0.25, -0.2) is 4.98 Å². The fraction of sp³-hybridized carbons (Fsp3) is 0.682. The Morgan fingerprint density at radius 2 is 2.07 bits per heavy atom. The summed E-state index contributed by atoms with van der Waals surface area (Å²) in [6.45, 7) is 9.67. The van der Waals surface area contributed by atoms with Crippen LogP contribution in [0.3, 0.4) is 0 Å². The van der Waals surface area contributed by atoms with Crippen molar-refractivity contribution in [1.82, 2.24) is 24.2 Å². The van der Waals surface area contributed by atoms with Crippen molar-refractivity contribution in [2.24, 2.45) is 5.92 Å². The maximum atomic E-state index is 13.3. The summed E-state index contributed by atoms with van der Waals surface area (Å²) in [5.74, 6) is 2.74. The van der Waals surface area contributed by atoms with Gasteiger partial charge in [0.15, 0.2) is 0 Å². The van der Waals surface area contributed by atoms with Gasteiger partial charge in [-0.3, -0.25) is 9.48 Å². The van der Waals surface area contributed by atoms with E-state index in [1.54, 1.807) is 0 Å². The molecule has 0 N–H and O–H groups in total. The maximum Gasteiger partial charge on any atom is 0.272 e. The van der Waals surface area contributed by atoms with Crippen LogP contribution >= 0.6 is 0 Å². The van der Waals surface area contributed by atoms with Crippen molar-refractivity contribution in [1.29, 1.82) is 0 Å². The number of hydrogen-bond acceptors (Lipinski definition) is 3. The molecular formula is C22H33N5O. The molecule has 2 aromatic rings. The molecule has 1 saturated heterocycles. The van der Waals surface area contributed by atoms with Crippen LogP contribution in [0.4, 0.5) is 0 Å². The first-order chi connectivity index (χ1) is 13.6. The lowest BCUT2D eigenvalue weighted by molar-refractivity contribution is 0.0690. The summed E-state index contributed by atoms with van der Waals surface area (Å²) in [6, 6.07) is 1.98. The number of rotatable bonds is 6. The highest BCUT2D eigenvalue weighted by Gasteiger charge is 2.30. The van der Waals surface area contributed by atoms with Crippen molar-refractivity contribution < 1.29 is 4.79 Å². The first-order valence-corrected chi connectivity index (χ1v) is 10.9. The molecule has 2 fully saturated rings. The SMILES string of the molecule is CCn1nc(C(C)C)cc1C(=O)N1CCC[C@@H](c2nccn2CC2CCC2)C1. The lowest BCUT2D eigenvalue weighted by Gasteiger charge is -2.33. The molecule has 2 aromatic heterocycles. The van der Waals surface area contributed by atoms with E-state index in [1.807, 2.05) is 28.8 Å². The van der Waals surface area contributed by atoms with Crippen molar-refractivity contribution in [2.45, 2.75) is 77.8 Å². The molecule has 1 aliphatic heterocycles. The normalized spacial score (nSPS) is 20.6. The largest absolute Gasteiger partial charge is 0.337 e. The number of aryl methyl sites for hydroxylation is 1. The minimum atomic E-state index is 0.114. The molecule has 1 atom stereocenters.